The van der Waals surface area contributed by atoms with Gasteiger partial charge in [0.05, 0.1) is 6.20 Å². The van der Waals surface area contributed by atoms with Gasteiger partial charge in [0.25, 0.3) is 0 Å². The van der Waals surface area contributed by atoms with Crippen LogP contribution in [0.1, 0.15) is 6.92 Å². The van der Waals surface area contributed by atoms with Crippen LogP contribution >= 0.6 is 11.6 Å². The summed E-state index contributed by atoms with van der Waals surface area (Å²) in [5.74, 6) is -5.52. The van der Waals surface area contributed by atoms with Crippen LogP contribution in [0.15, 0.2) is 6.20 Å². The quantitative estimate of drug-likeness (QED) is 0.849. The molecule has 0 aliphatic rings. The lowest BCUT2D eigenvalue weighted by atomic mass is 10.3. The van der Waals surface area contributed by atoms with Gasteiger partial charge < -0.3 is 10.1 Å². The fourth-order valence-corrected chi connectivity index (χ4v) is 1.08. The van der Waals surface area contributed by atoms with E-state index in [0.717, 1.165) is 6.20 Å². The molecular formula is C9H9ClF5N3O. The molecule has 0 aliphatic carbocycles. The Hall–Kier alpha value is -1.38. The van der Waals surface area contributed by atoms with Crippen LogP contribution < -0.4 is 10.1 Å². The summed E-state index contributed by atoms with van der Waals surface area (Å²) in [6.45, 7) is 0.245. The summed E-state index contributed by atoms with van der Waals surface area (Å²) in [5.41, 5.74) is 0. The second-order valence-corrected chi connectivity index (χ2v) is 3.78. The number of halogens is 6. The molecule has 0 saturated heterocycles. The maximum absolute atomic E-state index is 12.6. The summed E-state index contributed by atoms with van der Waals surface area (Å²) in [5, 5.41) is 2.37. The topological polar surface area (TPSA) is 47.0 Å². The van der Waals surface area contributed by atoms with Crippen molar-refractivity contribution in [3.8, 4) is 5.88 Å². The van der Waals surface area contributed by atoms with Gasteiger partial charge in [0.1, 0.15) is 5.02 Å². The molecule has 0 fully saturated rings. The van der Waals surface area contributed by atoms with E-state index in [9.17, 15) is 22.0 Å². The van der Waals surface area contributed by atoms with Crippen LogP contribution in [0.3, 0.4) is 0 Å². The first kappa shape index (κ1) is 15.7. The van der Waals surface area contributed by atoms with E-state index in [1.807, 2.05) is 0 Å². The van der Waals surface area contributed by atoms with Gasteiger partial charge in [0.2, 0.25) is 11.8 Å². The molecule has 0 amide bonds. The number of ether oxygens (including phenoxy) is 1. The SMILES string of the molecule is CCNc1ncc(Cl)c(OCC(F)(F)C(F)(F)F)n1. The van der Waals surface area contributed by atoms with E-state index in [-0.39, 0.29) is 11.0 Å². The molecule has 1 aromatic rings. The van der Waals surface area contributed by atoms with Crippen molar-refractivity contribution < 1.29 is 26.7 Å². The number of aromatic nitrogens is 2. The normalized spacial score (nSPS) is 12.4. The number of hydrogen-bond acceptors (Lipinski definition) is 4. The molecular weight excluding hydrogens is 297 g/mol. The van der Waals surface area contributed by atoms with Crippen molar-refractivity contribution in [1.82, 2.24) is 9.97 Å². The molecule has 0 aromatic carbocycles. The van der Waals surface area contributed by atoms with Crippen LogP contribution in [0.2, 0.25) is 5.02 Å². The lowest BCUT2D eigenvalue weighted by molar-refractivity contribution is -0.290. The molecule has 0 atom stereocenters. The number of hydrogen-bond donors (Lipinski definition) is 1. The van der Waals surface area contributed by atoms with E-state index in [2.05, 4.69) is 20.0 Å². The molecule has 4 nitrogen and oxygen atoms in total. The Labute approximate surface area is 109 Å². The molecule has 0 bridgehead atoms. The monoisotopic (exact) mass is 305 g/mol. The van der Waals surface area contributed by atoms with Crippen LogP contribution in [-0.2, 0) is 0 Å². The summed E-state index contributed by atoms with van der Waals surface area (Å²) in [6.07, 6.45) is -4.66. The summed E-state index contributed by atoms with van der Waals surface area (Å²) < 4.78 is 65.4. The van der Waals surface area contributed by atoms with Gasteiger partial charge in [0.15, 0.2) is 6.61 Å². The van der Waals surface area contributed by atoms with Gasteiger partial charge in [-0.05, 0) is 6.92 Å². The average molecular weight is 306 g/mol. The number of rotatable bonds is 5. The number of alkyl halides is 5. The fourth-order valence-electron chi connectivity index (χ4n) is 0.937. The zero-order valence-corrected chi connectivity index (χ0v) is 10.3. The van der Waals surface area contributed by atoms with Crippen molar-refractivity contribution in [3.63, 3.8) is 0 Å². The second kappa shape index (κ2) is 5.72. The van der Waals surface area contributed by atoms with Crippen molar-refractivity contribution in [2.24, 2.45) is 0 Å². The highest BCUT2D eigenvalue weighted by Gasteiger charge is 2.58. The van der Waals surface area contributed by atoms with Crippen LogP contribution in [0.4, 0.5) is 27.9 Å². The second-order valence-electron chi connectivity index (χ2n) is 3.37. The first-order valence-electron chi connectivity index (χ1n) is 5.01. The molecule has 1 N–H and O–H groups in total. The number of nitrogens with one attached hydrogen (secondary N) is 1. The van der Waals surface area contributed by atoms with Gasteiger partial charge in [0, 0.05) is 6.54 Å². The predicted octanol–water partition coefficient (Wildman–Crippen LogP) is 3.14. The molecule has 10 heteroatoms. The van der Waals surface area contributed by atoms with Crippen LogP contribution in [-0.4, -0.2) is 35.2 Å². The molecule has 0 unspecified atom stereocenters. The predicted molar refractivity (Wildman–Crippen MR) is 57.7 cm³/mol. The average Bonchev–Trinajstić information content (AvgIpc) is 2.29. The van der Waals surface area contributed by atoms with Crippen LogP contribution in [0, 0.1) is 0 Å². The first-order chi connectivity index (χ1) is 8.67. The maximum atomic E-state index is 12.6. The van der Waals surface area contributed by atoms with Gasteiger partial charge in [-0.3, -0.25) is 0 Å². The minimum absolute atomic E-state index is 0.0113. The Morgan fingerprint density at radius 1 is 1.32 bits per heavy atom. The lowest BCUT2D eigenvalue weighted by Gasteiger charge is -2.19. The van der Waals surface area contributed by atoms with Crippen molar-refractivity contribution in [3.05, 3.63) is 11.2 Å². The number of anilines is 1. The maximum Gasteiger partial charge on any atom is 0.456 e. The Balaban J connectivity index is 2.80. The van der Waals surface area contributed by atoms with Gasteiger partial charge in [-0.2, -0.15) is 26.9 Å². The third-order valence-corrected chi connectivity index (χ3v) is 2.11. The zero-order chi connectivity index (χ0) is 14.7. The summed E-state index contributed by atoms with van der Waals surface area (Å²) in [7, 11) is 0. The highest BCUT2D eigenvalue weighted by molar-refractivity contribution is 6.31. The van der Waals surface area contributed by atoms with E-state index >= 15 is 0 Å². The van der Waals surface area contributed by atoms with Crippen molar-refractivity contribution in [2.75, 3.05) is 18.5 Å². The molecule has 1 aromatic heterocycles. The van der Waals surface area contributed by atoms with Gasteiger partial charge >= 0.3 is 12.1 Å². The van der Waals surface area contributed by atoms with E-state index < -0.39 is 24.6 Å². The largest absolute Gasteiger partial charge is 0.470 e. The molecule has 108 valence electrons. The molecule has 0 saturated carbocycles. The van der Waals surface area contributed by atoms with E-state index in [1.165, 1.54) is 0 Å². The molecule has 0 aliphatic heterocycles. The standard InChI is InChI=1S/C9H9ClF5N3O/c1-2-16-7-17-3-5(10)6(18-7)19-4-8(11,12)9(13,14)15/h3H,2,4H2,1H3,(H,16,17,18). The van der Waals surface area contributed by atoms with E-state index in [0.29, 0.717) is 6.54 Å². The van der Waals surface area contributed by atoms with E-state index in [1.54, 1.807) is 6.92 Å². The Morgan fingerprint density at radius 2 is 1.95 bits per heavy atom. The van der Waals surface area contributed by atoms with Crippen molar-refractivity contribution in [2.45, 2.75) is 19.0 Å². The van der Waals surface area contributed by atoms with Crippen LogP contribution in [0.25, 0.3) is 0 Å². The lowest BCUT2D eigenvalue weighted by Crippen LogP contribution is -2.41. The fraction of sp³-hybridized carbons (Fsp3) is 0.556. The van der Waals surface area contributed by atoms with Gasteiger partial charge in [-0.1, -0.05) is 11.6 Å². The van der Waals surface area contributed by atoms with E-state index in [4.69, 9.17) is 11.6 Å². The summed E-state index contributed by atoms with van der Waals surface area (Å²) in [4.78, 5) is 7.25. The zero-order valence-electron chi connectivity index (χ0n) is 9.56. The van der Waals surface area contributed by atoms with Crippen molar-refractivity contribution in [1.29, 1.82) is 0 Å². The highest BCUT2D eigenvalue weighted by atomic mass is 35.5. The highest BCUT2D eigenvalue weighted by Crippen LogP contribution is 2.36. The minimum atomic E-state index is -5.70. The van der Waals surface area contributed by atoms with Gasteiger partial charge in [-0.15, -0.1) is 0 Å². The molecule has 1 heterocycles. The molecule has 0 radical (unpaired) electrons. The summed E-state index contributed by atoms with van der Waals surface area (Å²) in [6, 6.07) is 0. The van der Waals surface area contributed by atoms with Crippen LogP contribution in [0.5, 0.6) is 5.88 Å². The Bertz CT molecular complexity index is 440. The molecule has 1 rings (SSSR count). The Kier molecular flexibility index (Phi) is 4.72. The molecule has 19 heavy (non-hydrogen) atoms. The Morgan fingerprint density at radius 3 is 2.47 bits per heavy atom. The minimum Gasteiger partial charge on any atom is -0.470 e. The van der Waals surface area contributed by atoms with Gasteiger partial charge in [-0.25, -0.2) is 4.98 Å². The van der Waals surface area contributed by atoms with Crippen molar-refractivity contribution >= 4 is 17.5 Å². The molecule has 0 spiro atoms. The number of nitrogens with zero attached hydrogens (tertiary/aromatic N) is 2. The summed E-state index contributed by atoms with van der Waals surface area (Å²) >= 11 is 5.54. The third kappa shape index (κ3) is 4.05. The smallest absolute Gasteiger partial charge is 0.456 e. The third-order valence-electron chi connectivity index (χ3n) is 1.85. The first-order valence-corrected chi connectivity index (χ1v) is 5.39.